The van der Waals surface area contributed by atoms with Gasteiger partial charge in [-0.2, -0.15) is 22.0 Å². The van der Waals surface area contributed by atoms with Crippen LogP contribution in [-0.2, 0) is 4.79 Å². The van der Waals surface area contributed by atoms with Gasteiger partial charge in [-0.15, -0.1) is 0 Å². The van der Waals surface area contributed by atoms with Crippen molar-refractivity contribution in [3.8, 4) is 0 Å². The number of carbonyl (C=O) groups excluding carboxylic acids is 1. The molecular weight excluding hydrogens is 337 g/mol. The van der Waals surface area contributed by atoms with Gasteiger partial charge in [0.25, 0.3) is 0 Å². The quantitative estimate of drug-likeness (QED) is 0.829. The molecule has 0 saturated heterocycles. The first-order chi connectivity index (χ1) is 8.57. The Hall–Kier alpha value is -1.18. The van der Waals surface area contributed by atoms with Crippen LogP contribution in [0.5, 0.6) is 0 Å². The van der Waals surface area contributed by atoms with Crippen molar-refractivity contribution in [2.45, 2.75) is 25.1 Å². The Morgan fingerprint density at radius 2 is 1.74 bits per heavy atom. The highest BCUT2D eigenvalue weighted by Gasteiger charge is 2.63. The minimum atomic E-state index is -5.91. The SMILES string of the molecule is C[C@@H](NC(=O)C(F)(F)C(F)(F)F)c1ccccc1Br. The van der Waals surface area contributed by atoms with E-state index in [0.29, 0.717) is 10.0 Å². The van der Waals surface area contributed by atoms with Crippen LogP contribution in [-0.4, -0.2) is 18.0 Å². The van der Waals surface area contributed by atoms with Crippen LogP contribution >= 0.6 is 15.9 Å². The summed E-state index contributed by atoms with van der Waals surface area (Å²) >= 11 is 3.12. The molecule has 0 radical (unpaired) electrons. The normalized spacial score (nSPS) is 14.1. The molecule has 0 spiro atoms. The molecule has 1 N–H and O–H groups in total. The zero-order valence-electron chi connectivity index (χ0n) is 9.56. The minimum absolute atomic E-state index is 0.397. The van der Waals surface area contributed by atoms with Gasteiger partial charge >= 0.3 is 18.0 Å². The zero-order valence-corrected chi connectivity index (χ0v) is 11.1. The highest BCUT2D eigenvalue weighted by atomic mass is 79.9. The number of halogens is 6. The Balaban J connectivity index is 2.87. The van der Waals surface area contributed by atoms with E-state index < -0.39 is 24.0 Å². The lowest BCUT2D eigenvalue weighted by Gasteiger charge is -2.22. The molecular formula is C11H9BrF5NO. The molecule has 106 valence electrons. The molecule has 1 rings (SSSR count). The Morgan fingerprint density at radius 1 is 1.21 bits per heavy atom. The van der Waals surface area contributed by atoms with E-state index >= 15 is 0 Å². The van der Waals surface area contributed by atoms with Gasteiger partial charge in [0.2, 0.25) is 0 Å². The standard InChI is InChI=1S/C11H9BrF5NO/c1-6(7-4-2-3-5-8(7)12)18-9(19)10(13,14)11(15,16)17/h2-6H,1H3,(H,18,19)/t6-/m1/s1. The van der Waals surface area contributed by atoms with Gasteiger partial charge in [-0.1, -0.05) is 34.1 Å². The maximum Gasteiger partial charge on any atom is 0.463 e. The van der Waals surface area contributed by atoms with Crippen LogP contribution in [0.4, 0.5) is 22.0 Å². The van der Waals surface area contributed by atoms with Crippen molar-refractivity contribution < 1.29 is 26.7 Å². The third-order valence-corrected chi connectivity index (χ3v) is 3.08. The van der Waals surface area contributed by atoms with Gasteiger partial charge in [0.15, 0.2) is 0 Å². The van der Waals surface area contributed by atoms with Crippen molar-refractivity contribution in [1.29, 1.82) is 0 Å². The van der Waals surface area contributed by atoms with Crippen LogP contribution in [0.2, 0.25) is 0 Å². The van der Waals surface area contributed by atoms with E-state index in [4.69, 9.17) is 0 Å². The van der Waals surface area contributed by atoms with E-state index in [0.717, 1.165) is 0 Å². The predicted octanol–water partition coefficient (Wildman–Crippen LogP) is 3.82. The van der Waals surface area contributed by atoms with Gasteiger partial charge in [-0.25, -0.2) is 0 Å². The monoisotopic (exact) mass is 345 g/mol. The molecule has 19 heavy (non-hydrogen) atoms. The molecule has 2 nitrogen and oxygen atoms in total. The average molecular weight is 346 g/mol. The lowest BCUT2D eigenvalue weighted by atomic mass is 10.1. The number of benzene rings is 1. The van der Waals surface area contributed by atoms with Crippen molar-refractivity contribution in [3.63, 3.8) is 0 Å². The second-order valence-corrected chi connectivity index (χ2v) is 4.64. The summed E-state index contributed by atoms with van der Waals surface area (Å²) in [5.74, 6) is -7.79. The number of hydrogen-bond acceptors (Lipinski definition) is 1. The zero-order chi connectivity index (χ0) is 14.8. The molecule has 0 heterocycles. The summed E-state index contributed by atoms with van der Waals surface area (Å²) in [6.45, 7) is 1.31. The molecule has 0 aliphatic carbocycles. The van der Waals surface area contributed by atoms with Crippen molar-refractivity contribution in [2.75, 3.05) is 0 Å². The van der Waals surface area contributed by atoms with Crippen LogP contribution in [0, 0.1) is 0 Å². The number of alkyl halides is 5. The van der Waals surface area contributed by atoms with Crippen LogP contribution in [0.3, 0.4) is 0 Å². The summed E-state index contributed by atoms with van der Waals surface area (Å²) in [5, 5.41) is 1.64. The summed E-state index contributed by atoms with van der Waals surface area (Å²) in [4.78, 5) is 11.0. The molecule has 1 amide bonds. The summed E-state index contributed by atoms with van der Waals surface area (Å²) in [6.07, 6.45) is -5.91. The van der Waals surface area contributed by atoms with Crippen molar-refractivity contribution in [2.24, 2.45) is 0 Å². The van der Waals surface area contributed by atoms with Gasteiger partial charge in [-0.3, -0.25) is 4.79 Å². The van der Waals surface area contributed by atoms with Gasteiger partial charge < -0.3 is 5.32 Å². The highest BCUT2D eigenvalue weighted by Crippen LogP contribution is 2.36. The van der Waals surface area contributed by atoms with E-state index in [2.05, 4.69) is 15.9 Å². The molecule has 0 unspecified atom stereocenters. The minimum Gasteiger partial charge on any atom is -0.344 e. The van der Waals surface area contributed by atoms with E-state index in [1.54, 1.807) is 23.5 Å². The third-order valence-electron chi connectivity index (χ3n) is 2.36. The fourth-order valence-corrected chi connectivity index (χ4v) is 1.95. The average Bonchev–Trinajstić information content (AvgIpc) is 2.27. The number of amides is 1. The number of rotatable bonds is 3. The maximum atomic E-state index is 12.8. The Kier molecular flexibility index (Phi) is 4.54. The molecule has 1 aromatic rings. The van der Waals surface area contributed by atoms with Crippen molar-refractivity contribution >= 4 is 21.8 Å². The van der Waals surface area contributed by atoms with Crippen molar-refractivity contribution in [3.05, 3.63) is 34.3 Å². The van der Waals surface area contributed by atoms with E-state index in [-0.39, 0.29) is 0 Å². The van der Waals surface area contributed by atoms with Crippen molar-refractivity contribution in [1.82, 2.24) is 5.32 Å². The molecule has 1 aromatic carbocycles. The first kappa shape index (κ1) is 15.9. The van der Waals surface area contributed by atoms with Crippen LogP contribution in [0.25, 0.3) is 0 Å². The maximum absolute atomic E-state index is 12.8. The molecule has 8 heteroatoms. The van der Waals surface area contributed by atoms with Crippen LogP contribution in [0.15, 0.2) is 28.7 Å². The first-order valence-electron chi connectivity index (χ1n) is 5.07. The summed E-state index contributed by atoms with van der Waals surface area (Å²) in [5.41, 5.74) is 0.397. The molecule has 0 saturated carbocycles. The Morgan fingerprint density at radius 3 is 2.21 bits per heavy atom. The van der Waals surface area contributed by atoms with Gasteiger partial charge in [0.1, 0.15) is 0 Å². The van der Waals surface area contributed by atoms with Gasteiger partial charge in [0.05, 0.1) is 6.04 Å². The second kappa shape index (κ2) is 5.44. The largest absolute Gasteiger partial charge is 0.463 e. The first-order valence-corrected chi connectivity index (χ1v) is 5.86. The molecule has 1 atom stereocenters. The summed E-state index contributed by atoms with van der Waals surface area (Å²) in [7, 11) is 0. The van der Waals surface area contributed by atoms with Gasteiger partial charge in [0, 0.05) is 4.47 Å². The lowest BCUT2D eigenvalue weighted by molar-refractivity contribution is -0.270. The molecule has 0 aliphatic rings. The van der Waals surface area contributed by atoms with E-state index in [1.165, 1.54) is 13.0 Å². The fourth-order valence-electron chi connectivity index (χ4n) is 1.32. The second-order valence-electron chi connectivity index (χ2n) is 3.79. The Bertz CT molecular complexity index is 474. The smallest absolute Gasteiger partial charge is 0.344 e. The summed E-state index contributed by atoms with van der Waals surface area (Å²) in [6, 6.07) is 5.31. The van der Waals surface area contributed by atoms with Crippen LogP contribution in [0.1, 0.15) is 18.5 Å². The number of carbonyl (C=O) groups is 1. The predicted molar refractivity (Wildman–Crippen MR) is 61.7 cm³/mol. The topological polar surface area (TPSA) is 29.1 Å². The Labute approximate surface area is 114 Å². The molecule has 0 bridgehead atoms. The highest BCUT2D eigenvalue weighted by molar-refractivity contribution is 9.10. The van der Waals surface area contributed by atoms with Crippen LogP contribution < -0.4 is 5.32 Å². The van der Waals surface area contributed by atoms with E-state index in [9.17, 15) is 26.7 Å². The molecule has 0 aliphatic heterocycles. The molecule has 0 fully saturated rings. The summed E-state index contributed by atoms with van der Waals surface area (Å²) < 4.78 is 62.0. The number of nitrogens with one attached hydrogen (secondary N) is 1. The third kappa shape index (κ3) is 3.43. The lowest BCUT2D eigenvalue weighted by Crippen LogP contribution is -2.50. The number of hydrogen-bond donors (Lipinski definition) is 1. The molecule has 0 aromatic heterocycles. The fraction of sp³-hybridized carbons (Fsp3) is 0.364. The van der Waals surface area contributed by atoms with E-state index in [1.807, 2.05) is 0 Å². The van der Waals surface area contributed by atoms with Gasteiger partial charge in [-0.05, 0) is 18.6 Å².